The van der Waals surface area contributed by atoms with Crippen molar-refractivity contribution in [3.05, 3.63) is 30.4 Å². The van der Waals surface area contributed by atoms with Crippen LogP contribution in [-0.4, -0.2) is 50.2 Å². The fourth-order valence-corrected chi connectivity index (χ4v) is 4.94. The first-order valence-electron chi connectivity index (χ1n) is 9.26. The Balaban J connectivity index is 1.63. The van der Waals surface area contributed by atoms with Crippen LogP contribution in [0.25, 0.3) is 10.2 Å². The lowest BCUT2D eigenvalue weighted by Gasteiger charge is -2.25. The molecule has 7 nitrogen and oxygen atoms in total. The molecule has 156 valence electrons. The number of anilines is 1. The minimum atomic E-state index is -0.446. The number of methoxy groups -OCH3 is 2. The number of aromatic nitrogens is 1. The highest BCUT2D eigenvalue weighted by atomic mass is 32.2. The van der Waals surface area contributed by atoms with Crippen molar-refractivity contribution in [1.29, 1.82) is 0 Å². The van der Waals surface area contributed by atoms with Crippen molar-refractivity contribution >= 4 is 50.9 Å². The molecular formula is C20H24N2O5S2. The molecule has 1 aromatic carbocycles. The van der Waals surface area contributed by atoms with E-state index in [4.69, 9.17) is 14.2 Å². The molecule has 9 heteroatoms. The van der Waals surface area contributed by atoms with Gasteiger partial charge in [-0.15, -0.1) is 11.3 Å². The monoisotopic (exact) mass is 436 g/mol. The molecule has 1 aliphatic rings. The Hall–Kier alpha value is -1.94. The molecular weight excluding hydrogens is 412 g/mol. The van der Waals surface area contributed by atoms with Crippen molar-refractivity contribution in [2.75, 3.05) is 38.7 Å². The zero-order valence-corrected chi connectivity index (χ0v) is 18.0. The molecule has 0 fully saturated rings. The number of esters is 1. The predicted octanol–water partition coefficient (Wildman–Crippen LogP) is 3.70. The summed E-state index contributed by atoms with van der Waals surface area (Å²) in [5, 5.41) is 2.94. The average Bonchev–Trinajstić information content (AvgIpc) is 3.15. The van der Waals surface area contributed by atoms with Crippen molar-refractivity contribution in [3.63, 3.8) is 0 Å². The maximum absolute atomic E-state index is 12.8. The molecule has 1 aromatic heterocycles. The number of ether oxygens (including phenoxy) is 3. The Morgan fingerprint density at radius 1 is 1.21 bits per heavy atom. The second-order valence-electron chi connectivity index (χ2n) is 6.49. The van der Waals surface area contributed by atoms with E-state index in [0.717, 1.165) is 14.6 Å². The number of nitrogens with one attached hydrogen (secondary N) is 1. The Kier molecular flexibility index (Phi) is 8.05. The Bertz CT molecular complexity index is 883. The number of rotatable bonds is 9. The lowest BCUT2D eigenvalue weighted by atomic mass is 9.82. The van der Waals surface area contributed by atoms with Gasteiger partial charge in [-0.3, -0.25) is 9.59 Å². The first-order chi connectivity index (χ1) is 14.1. The van der Waals surface area contributed by atoms with E-state index in [0.29, 0.717) is 37.7 Å². The van der Waals surface area contributed by atoms with Crippen molar-refractivity contribution < 1.29 is 23.8 Å². The first-order valence-corrected chi connectivity index (χ1v) is 11.1. The zero-order chi connectivity index (χ0) is 20.6. The van der Waals surface area contributed by atoms with Gasteiger partial charge >= 0.3 is 5.97 Å². The summed E-state index contributed by atoms with van der Waals surface area (Å²) in [6.07, 6.45) is 4.91. The largest absolute Gasteiger partial charge is 0.469 e. The van der Waals surface area contributed by atoms with Gasteiger partial charge in [0, 0.05) is 12.8 Å². The SMILES string of the molecule is COCCOCSc1nc2ccc(NC(=O)C3CC=CCC3C(=O)OC)cc2s1. The van der Waals surface area contributed by atoms with Crippen LogP contribution in [0.2, 0.25) is 0 Å². The van der Waals surface area contributed by atoms with Crippen molar-refractivity contribution in [2.24, 2.45) is 11.8 Å². The lowest BCUT2D eigenvalue weighted by Crippen LogP contribution is -2.35. The van der Waals surface area contributed by atoms with E-state index in [-0.39, 0.29) is 11.9 Å². The van der Waals surface area contributed by atoms with E-state index in [2.05, 4.69) is 10.3 Å². The number of allylic oxidation sites excluding steroid dienone is 2. The summed E-state index contributed by atoms with van der Waals surface area (Å²) in [7, 11) is 2.99. The fourth-order valence-electron chi connectivity index (χ4n) is 3.09. The summed E-state index contributed by atoms with van der Waals surface area (Å²) in [6, 6.07) is 5.62. The van der Waals surface area contributed by atoms with Gasteiger partial charge < -0.3 is 19.5 Å². The van der Waals surface area contributed by atoms with Gasteiger partial charge in [0.2, 0.25) is 5.91 Å². The number of carbonyl (C=O) groups is 2. The number of carbonyl (C=O) groups excluding carboxylic acids is 2. The summed E-state index contributed by atoms with van der Waals surface area (Å²) in [6.45, 7) is 1.12. The van der Waals surface area contributed by atoms with Crippen molar-refractivity contribution in [2.45, 2.75) is 17.2 Å². The molecule has 0 aliphatic heterocycles. The molecule has 0 saturated carbocycles. The van der Waals surface area contributed by atoms with Gasteiger partial charge in [0.05, 0.1) is 48.3 Å². The molecule has 0 radical (unpaired) electrons. The third-order valence-corrected chi connectivity index (χ3v) is 6.65. The van der Waals surface area contributed by atoms with Crippen LogP contribution < -0.4 is 5.32 Å². The van der Waals surface area contributed by atoms with Crippen LogP contribution in [0.5, 0.6) is 0 Å². The molecule has 2 aromatic rings. The van der Waals surface area contributed by atoms with Gasteiger partial charge in [0.25, 0.3) is 0 Å². The average molecular weight is 437 g/mol. The highest BCUT2D eigenvalue weighted by Gasteiger charge is 2.34. The molecule has 1 heterocycles. The second-order valence-corrected chi connectivity index (χ2v) is 8.69. The molecule has 0 bridgehead atoms. The Labute approximate surface area is 177 Å². The molecule has 2 atom stereocenters. The maximum atomic E-state index is 12.8. The van der Waals surface area contributed by atoms with Crippen molar-refractivity contribution in [3.8, 4) is 0 Å². The molecule has 0 spiro atoms. The van der Waals surface area contributed by atoms with Gasteiger partial charge in [-0.05, 0) is 31.0 Å². The number of fused-ring (bicyclic) bond motifs is 1. The molecule has 0 saturated heterocycles. The van der Waals surface area contributed by atoms with Gasteiger partial charge in [-0.2, -0.15) is 0 Å². The fraction of sp³-hybridized carbons (Fsp3) is 0.450. The minimum absolute atomic E-state index is 0.172. The summed E-state index contributed by atoms with van der Waals surface area (Å²) >= 11 is 3.08. The van der Waals surface area contributed by atoms with E-state index < -0.39 is 11.8 Å². The summed E-state index contributed by atoms with van der Waals surface area (Å²) in [5.41, 5.74) is 1.57. The maximum Gasteiger partial charge on any atom is 0.309 e. The number of nitrogens with zero attached hydrogens (tertiary/aromatic N) is 1. The van der Waals surface area contributed by atoms with Crippen LogP contribution in [-0.2, 0) is 23.8 Å². The first kappa shape index (κ1) is 21.8. The van der Waals surface area contributed by atoms with E-state index >= 15 is 0 Å². The number of benzene rings is 1. The van der Waals surface area contributed by atoms with E-state index in [9.17, 15) is 9.59 Å². The van der Waals surface area contributed by atoms with Crippen molar-refractivity contribution in [1.82, 2.24) is 4.98 Å². The molecule has 1 amide bonds. The van der Waals surface area contributed by atoms with Crippen LogP contribution in [0, 0.1) is 11.8 Å². The lowest BCUT2D eigenvalue weighted by molar-refractivity contribution is -0.149. The summed E-state index contributed by atoms with van der Waals surface area (Å²) < 4.78 is 17.1. The predicted molar refractivity (Wildman–Crippen MR) is 114 cm³/mol. The van der Waals surface area contributed by atoms with Gasteiger partial charge in [0.1, 0.15) is 0 Å². The molecule has 1 aliphatic carbocycles. The minimum Gasteiger partial charge on any atom is -0.469 e. The number of amides is 1. The number of hydrogen-bond donors (Lipinski definition) is 1. The summed E-state index contributed by atoms with van der Waals surface area (Å²) in [4.78, 5) is 29.3. The number of hydrogen-bond acceptors (Lipinski definition) is 8. The van der Waals surface area contributed by atoms with Gasteiger partial charge in [-0.1, -0.05) is 23.9 Å². The molecule has 29 heavy (non-hydrogen) atoms. The third-order valence-electron chi connectivity index (χ3n) is 4.61. The molecule has 3 rings (SSSR count). The van der Waals surface area contributed by atoms with Gasteiger partial charge in [-0.25, -0.2) is 4.98 Å². The van der Waals surface area contributed by atoms with Gasteiger partial charge in [0.15, 0.2) is 4.34 Å². The molecule has 2 unspecified atom stereocenters. The quantitative estimate of drug-likeness (QED) is 0.211. The van der Waals surface area contributed by atoms with Crippen LogP contribution in [0.3, 0.4) is 0 Å². The van der Waals surface area contributed by atoms with Crippen LogP contribution >= 0.6 is 23.1 Å². The van der Waals surface area contributed by atoms with E-state index in [1.807, 2.05) is 30.4 Å². The number of thiazole rings is 1. The normalized spacial score (nSPS) is 18.7. The Morgan fingerprint density at radius 3 is 2.76 bits per heavy atom. The van der Waals surface area contributed by atoms with E-state index in [1.54, 1.807) is 18.4 Å². The summed E-state index contributed by atoms with van der Waals surface area (Å²) in [5.74, 6) is -0.883. The smallest absolute Gasteiger partial charge is 0.309 e. The highest BCUT2D eigenvalue weighted by molar-refractivity contribution is 8.01. The Morgan fingerprint density at radius 2 is 2.00 bits per heavy atom. The second kappa shape index (κ2) is 10.7. The topological polar surface area (TPSA) is 86.8 Å². The number of thioether (sulfide) groups is 1. The van der Waals surface area contributed by atoms with Crippen LogP contribution in [0.4, 0.5) is 5.69 Å². The standard InChI is InChI=1S/C20H24N2O5S2/c1-25-9-10-27-12-28-20-22-16-8-7-13(11-17(16)29-20)21-18(23)14-5-3-4-6-15(14)19(24)26-2/h3-4,7-8,11,14-15H,5-6,9-10,12H2,1-2H3,(H,21,23). The molecule has 1 N–H and O–H groups in total. The third kappa shape index (κ3) is 5.79. The van der Waals surface area contributed by atoms with Crippen LogP contribution in [0.1, 0.15) is 12.8 Å². The highest BCUT2D eigenvalue weighted by Crippen LogP contribution is 2.32. The zero-order valence-electron chi connectivity index (χ0n) is 16.4. The van der Waals surface area contributed by atoms with E-state index in [1.165, 1.54) is 18.9 Å². The van der Waals surface area contributed by atoms with Crippen LogP contribution in [0.15, 0.2) is 34.7 Å².